The van der Waals surface area contributed by atoms with Crippen LogP contribution in [0.3, 0.4) is 0 Å². The number of carbonyl (C=O) groups excluding carboxylic acids is 1. The molecule has 1 heterocycles. The van der Waals surface area contributed by atoms with Crippen molar-refractivity contribution in [2.75, 3.05) is 11.9 Å². The van der Waals surface area contributed by atoms with Gasteiger partial charge in [0.05, 0.1) is 12.3 Å². The van der Waals surface area contributed by atoms with Gasteiger partial charge in [-0.1, -0.05) is 6.07 Å². The van der Waals surface area contributed by atoms with Crippen LogP contribution in [-0.2, 0) is 4.79 Å². The van der Waals surface area contributed by atoms with Crippen LogP contribution < -0.4 is 10.1 Å². The summed E-state index contributed by atoms with van der Waals surface area (Å²) in [6.07, 6.45) is 3.55. The third-order valence-electron chi connectivity index (χ3n) is 2.16. The lowest BCUT2D eigenvalue weighted by Gasteiger charge is -2.16. The number of allylic oxidation sites excluding steroid dienone is 1. The van der Waals surface area contributed by atoms with E-state index in [1.165, 1.54) is 0 Å². The summed E-state index contributed by atoms with van der Waals surface area (Å²) >= 11 is 0. The fourth-order valence-electron chi connectivity index (χ4n) is 1.52. The second kappa shape index (κ2) is 4.03. The largest absolute Gasteiger partial charge is 0.493 e. The molecule has 1 aliphatic rings. The Hall–Kier alpha value is -1.99. The molecule has 1 N–H and O–H groups in total. The Morgan fingerprint density at radius 2 is 2.27 bits per heavy atom. The molecular weight excluding hydrogens is 190 g/mol. The zero-order valence-corrected chi connectivity index (χ0v) is 8.41. The molecule has 0 amide bonds. The quantitative estimate of drug-likeness (QED) is 0.746. The molecule has 0 saturated heterocycles. The maximum atomic E-state index is 10.5. The first-order valence-electron chi connectivity index (χ1n) is 4.81. The van der Waals surface area contributed by atoms with Gasteiger partial charge in [0.15, 0.2) is 5.94 Å². The van der Waals surface area contributed by atoms with E-state index in [1.54, 1.807) is 6.08 Å². The number of nitrogens with one attached hydrogen (secondary N) is 1. The Morgan fingerprint density at radius 1 is 1.40 bits per heavy atom. The van der Waals surface area contributed by atoms with Crippen LogP contribution in [0, 0.1) is 0 Å². The minimum Gasteiger partial charge on any atom is -0.493 e. The molecule has 0 fully saturated rings. The Morgan fingerprint density at radius 3 is 3.00 bits per heavy atom. The minimum atomic E-state index is 0.441. The van der Waals surface area contributed by atoms with E-state index in [0.29, 0.717) is 12.3 Å². The van der Waals surface area contributed by atoms with E-state index in [2.05, 4.69) is 5.32 Å². The fourth-order valence-corrected chi connectivity index (χ4v) is 1.52. The molecule has 3 heteroatoms. The van der Waals surface area contributed by atoms with E-state index in [0.717, 1.165) is 17.0 Å². The number of anilines is 1. The molecule has 0 spiro atoms. The van der Waals surface area contributed by atoms with Crippen molar-refractivity contribution < 1.29 is 9.53 Å². The second-order valence-electron chi connectivity index (χ2n) is 3.12. The van der Waals surface area contributed by atoms with E-state index < -0.39 is 0 Å². The second-order valence-corrected chi connectivity index (χ2v) is 3.12. The van der Waals surface area contributed by atoms with Crippen molar-refractivity contribution in [2.24, 2.45) is 0 Å². The van der Waals surface area contributed by atoms with Crippen LogP contribution in [0.25, 0.3) is 6.08 Å². The van der Waals surface area contributed by atoms with Crippen LogP contribution >= 0.6 is 0 Å². The normalized spacial score (nSPS) is 12.7. The van der Waals surface area contributed by atoms with Crippen molar-refractivity contribution in [3.05, 3.63) is 35.5 Å². The third-order valence-corrected chi connectivity index (χ3v) is 2.16. The Balaban J connectivity index is 2.45. The third kappa shape index (κ3) is 1.78. The van der Waals surface area contributed by atoms with Crippen LogP contribution in [0.5, 0.6) is 5.75 Å². The van der Waals surface area contributed by atoms with Gasteiger partial charge in [0.25, 0.3) is 0 Å². The number of rotatable bonds is 2. The molecule has 1 aliphatic heterocycles. The number of hydrogen-bond acceptors (Lipinski definition) is 3. The summed E-state index contributed by atoms with van der Waals surface area (Å²) in [4.78, 5) is 10.5. The Labute approximate surface area is 88.1 Å². The van der Waals surface area contributed by atoms with Crippen LogP contribution in [0.4, 0.5) is 5.69 Å². The standard InChI is InChI=1S/C12H11NO2/c1-2-15-12-5-3-4-11-10(12)7-6-9(8-14)13-11/h3-7,13H,2H2,1H3. The van der Waals surface area contributed by atoms with Gasteiger partial charge >= 0.3 is 0 Å². The van der Waals surface area contributed by atoms with Crippen molar-refractivity contribution in [3.8, 4) is 5.75 Å². The van der Waals surface area contributed by atoms with Gasteiger partial charge in [-0.3, -0.25) is 0 Å². The molecule has 3 nitrogen and oxygen atoms in total. The Bertz CT molecular complexity index is 457. The van der Waals surface area contributed by atoms with Gasteiger partial charge in [-0.25, -0.2) is 4.79 Å². The summed E-state index contributed by atoms with van der Waals surface area (Å²) in [5.41, 5.74) is 2.29. The predicted octanol–water partition coefficient (Wildman–Crippen LogP) is 2.24. The average molecular weight is 201 g/mol. The zero-order chi connectivity index (χ0) is 10.7. The number of ether oxygens (including phenoxy) is 1. The number of benzene rings is 1. The van der Waals surface area contributed by atoms with E-state index in [-0.39, 0.29) is 0 Å². The summed E-state index contributed by atoms with van der Waals surface area (Å²) in [6, 6.07) is 5.70. The smallest absolute Gasteiger partial charge is 0.150 e. The molecule has 76 valence electrons. The lowest BCUT2D eigenvalue weighted by Crippen LogP contribution is -2.05. The molecular formula is C12H11NO2. The molecule has 1 aromatic carbocycles. The molecule has 0 radical (unpaired) electrons. The predicted molar refractivity (Wildman–Crippen MR) is 59.5 cm³/mol. The zero-order valence-electron chi connectivity index (χ0n) is 8.41. The summed E-state index contributed by atoms with van der Waals surface area (Å²) in [5, 5.41) is 2.97. The SMILES string of the molecule is CCOc1cccc2c1C=CC(=C=O)N2. The van der Waals surface area contributed by atoms with Crippen molar-refractivity contribution >= 4 is 17.7 Å². The molecule has 2 rings (SSSR count). The molecule has 0 aliphatic carbocycles. The molecule has 0 unspecified atom stereocenters. The molecule has 0 saturated carbocycles. The maximum absolute atomic E-state index is 10.5. The van der Waals surface area contributed by atoms with Crippen molar-refractivity contribution in [2.45, 2.75) is 6.92 Å². The summed E-state index contributed by atoms with van der Waals surface area (Å²) in [7, 11) is 0. The highest BCUT2D eigenvalue weighted by Gasteiger charge is 2.11. The van der Waals surface area contributed by atoms with Gasteiger partial charge in [0.2, 0.25) is 0 Å². The van der Waals surface area contributed by atoms with Crippen LogP contribution in [0.2, 0.25) is 0 Å². The average Bonchev–Trinajstić information content (AvgIpc) is 2.29. The van der Waals surface area contributed by atoms with E-state index >= 15 is 0 Å². The highest BCUT2D eigenvalue weighted by Crippen LogP contribution is 2.31. The van der Waals surface area contributed by atoms with Crippen LogP contribution in [-0.4, -0.2) is 12.5 Å². The minimum absolute atomic E-state index is 0.441. The number of fused-ring (bicyclic) bond motifs is 1. The molecule has 0 bridgehead atoms. The van der Waals surface area contributed by atoms with E-state index in [1.807, 2.05) is 37.1 Å². The lowest BCUT2D eigenvalue weighted by atomic mass is 10.1. The van der Waals surface area contributed by atoms with Gasteiger partial charge in [-0.15, -0.1) is 0 Å². The van der Waals surface area contributed by atoms with Crippen LogP contribution in [0.15, 0.2) is 30.0 Å². The van der Waals surface area contributed by atoms with Gasteiger partial charge in [-0.05, 0) is 31.2 Å². The first-order chi connectivity index (χ1) is 7.35. The first-order valence-corrected chi connectivity index (χ1v) is 4.81. The fraction of sp³-hybridized carbons (Fsp3) is 0.167. The highest BCUT2D eigenvalue weighted by atomic mass is 16.5. The van der Waals surface area contributed by atoms with Crippen molar-refractivity contribution in [1.29, 1.82) is 0 Å². The van der Waals surface area contributed by atoms with Crippen LogP contribution in [0.1, 0.15) is 12.5 Å². The topological polar surface area (TPSA) is 38.3 Å². The van der Waals surface area contributed by atoms with Gasteiger partial charge < -0.3 is 10.1 Å². The van der Waals surface area contributed by atoms with Gasteiger partial charge in [-0.2, -0.15) is 0 Å². The summed E-state index contributed by atoms with van der Waals surface area (Å²) < 4.78 is 5.47. The molecule has 1 aromatic rings. The van der Waals surface area contributed by atoms with Crippen molar-refractivity contribution in [3.63, 3.8) is 0 Å². The number of hydrogen-bond donors (Lipinski definition) is 1. The molecule has 0 aromatic heterocycles. The first kappa shape index (κ1) is 9.56. The van der Waals surface area contributed by atoms with Crippen molar-refractivity contribution in [1.82, 2.24) is 0 Å². The lowest BCUT2D eigenvalue weighted by molar-refractivity contribution is 0.339. The monoisotopic (exact) mass is 201 g/mol. The molecule has 0 atom stereocenters. The molecule has 15 heavy (non-hydrogen) atoms. The summed E-state index contributed by atoms with van der Waals surface area (Å²) in [5.74, 6) is 2.65. The maximum Gasteiger partial charge on any atom is 0.150 e. The van der Waals surface area contributed by atoms with Gasteiger partial charge in [0.1, 0.15) is 11.4 Å². The summed E-state index contributed by atoms with van der Waals surface area (Å²) in [6.45, 7) is 2.57. The van der Waals surface area contributed by atoms with E-state index in [4.69, 9.17) is 4.74 Å². The Kier molecular flexibility index (Phi) is 2.57. The highest BCUT2D eigenvalue weighted by molar-refractivity contribution is 5.82. The van der Waals surface area contributed by atoms with E-state index in [9.17, 15) is 4.79 Å². The van der Waals surface area contributed by atoms with Gasteiger partial charge in [0, 0.05) is 5.56 Å².